The first-order chi connectivity index (χ1) is 8.59. The third-order valence-electron chi connectivity index (χ3n) is 3.13. The third-order valence-corrected chi connectivity index (χ3v) is 3.13. The van der Waals surface area contributed by atoms with Gasteiger partial charge in [-0.3, -0.25) is 9.59 Å². The van der Waals surface area contributed by atoms with E-state index < -0.39 is 0 Å². The molecule has 4 nitrogen and oxygen atoms in total. The largest absolute Gasteiger partial charge is 0.398 e. The van der Waals surface area contributed by atoms with Crippen molar-refractivity contribution in [1.29, 1.82) is 0 Å². The van der Waals surface area contributed by atoms with Gasteiger partial charge in [0, 0.05) is 22.1 Å². The number of hydrogen-bond donors (Lipinski definition) is 2. The fraction of sp³-hybridized carbons (Fsp3) is 0. The molecule has 0 unspecified atom stereocenters. The van der Waals surface area contributed by atoms with Gasteiger partial charge in [0.15, 0.2) is 10.9 Å². The van der Waals surface area contributed by atoms with Gasteiger partial charge in [-0.1, -0.05) is 24.3 Å². The van der Waals surface area contributed by atoms with E-state index in [1.807, 2.05) is 0 Å². The lowest BCUT2D eigenvalue weighted by Gasteiger charge is -2.04. The summed E-state index contributed by atoms with van der Waals surface area (Å²) < 4.78 is 0. The summed E-state index contributed by atoms with van der Waals surface area (Å²) >= 11 is 0. The molecular weight excluding hydrogens is 228 g/mol. The Kier molecular flexibility index (Phi) is 2.01. The maximum absolute atomic E-state index is 12.3. The van der Waals surface area contributed by atoms with E-state index in [0.717, 1.165) is 0 Å². The summed E-state index contributed by atoms with van der Waals surface area (Å²) in [6, 6.07) is 9.60. The summed E-state index contributed by atoms with van der Waals surface area (Å²) in [4.78, 5) is 24.7. The molecule has 4 aromatic rings. The first-order valence-corrected chi connectivity index (χ1v) is 5.47. The number of anilines is 2. The Hall–Kier alpha value is -2.62. The summed E-state index contributed by atoms with van der Waals surface area (Å²) in [6.07, 6.45) is 0. The molecule has 4 N–H and O–H groups in total. The summed E-state index contributed by atoms with van der Waals surface area (Å²) in [5, 5.41) is 1.43. The van der Waals surface area contributed by atoms with Gasteiger partial charge in [-0.25, -0.2) is 0 Å². The molecule has 0 saturated carbocycles. The van der Waals surface area contributed by atoms with Crippen LogP contribution in [0.1, 0.15) is 0 Å². The first-order valence-electron chi connectivity index (χ1n) is 5.47. The Morgan fingerprint density at radius 2 is 0.944 bits per heavy atom. The van der Waals surface area contributed by atoms with Crippen LogP contribution in [0.3, 0.4) is 0 Å². The Bertz CT molecular complexity index is 794. The van der Waals surface area contributed by atoms with Crippen LogP contribution in [0, 0.1) is 0 Å². The molecule has 0 heterocycles. The fourth-order valence-electron chi connectivity index (χ4n) is 2.19. The van der Waals surface area contributed by atoms with Crippen molar-refractivity contribution >= 4 is 32.9 Å². The normalized spacial score (nSPS) is 11.1. The lowest BCUT2D eigenvalue weighted by atomic mass is 10.0. The zero-order valence-corrected chi connectivity index (χ0v) is 9.44. The molecule has 0 atom stereocenters. The molecular formula is C14H10N2O2. The van der Waals surface area contributed by atoms with E-state index in [9.17, 15) is 9.59 Å². The van der Waals surface area contributed by atoms with Crippen molar-refractivity contribution in [2.75, 3.05) is 11.5 Å². The van der Waals surface area contributed by atoms with Crippen LogP contribution in [0.25, 0.3) is 21.5 Å². The number of nitrogen functional groups attached to an aromatic ring is 2. The predicted octanol–water partition coefficient (Wildman–Crippen LogP) is 1.32. The zero-order valence-electron chi connectivity index (χ0n) is 9.44. The SMILES string of the molecule is Nc1ccc(N)c2c(=O)c3ccc(cc3)c(=O)c12. The van der Waals surface area contributed by atoms with E-state index in [1.165, 1.54) is 0 Å². The van der Waals surface area contributed by atoms with E-state index in [2.05, 4.69) is 0 Å². The van der Waals surface area contributed by atoms with Gasteiger partial charge >= 0.3 is 0 Å². The lowest BCUT2D eigenvalue weighted by Crippen LogP contribution is -2.12. The van der Waals surface area contributed by atoms with Crippen LogP contribution in [-0.4, -0.2) is 0 Å². The van der Waals surface area contributed by atoms with Crippen LogP contribution in [0.15, 0.2) is 46.0 Å². The molecule has 18 heavy (non-hydrogen) atoms. The van der Waals surface area contributed by atoms with Crippen molar-refractivity contribution in [3.8, 4) is 0 Å². The van der Waals surface area contributed by atoms with E-state index in [1.54, 1.807) is 36.4 Å². The molecule has 88 valence electrons. The van der Waals surface area contributed by atoms with Gasteiger partial charge in [0.05, 0.1) is 10.8 Å². The average Bonchev–Trinajstić information content (AvgIpc) is 2.38. The predicted molar refractivity (Wildman–Crippen MR) is 74.0 cm³/mol. The van der Waals surface area contributed by atoms with Crippen LogP contribution in [-0.2, 0) is 0 Å². The van der Waals surface area contributed by atoms with Gasteiger partial charge in [0.25, 0.3) is 0 Å². The number of hydrogen-bond acceptors (Lipinski definition) is 4. The second-order valence-corrected chi connectivity index (χ2v) is 4.23. The van der Waals surface area contributed by atoms with E-state index in [-0.39, 0.29) is 33.0 Å². The highest BCUT2D eigenvalue weighted by atomic mass is 16.1. The van der Waals surface area contributed by atoms with Crippen molar-refractivity contribution in [2.24, 2.45) is 0 Å². The van der Waals surface area contributed by atoms with Crippen molar-refractivity contribution in [3.63, 3.8) is 0 Å². The molecule has 0 radical (unpaired) electrons. The highest BCUT2D eigenvalue weighted by Crippen LogP contribution is 2.21. The van der Waals surface area contributed by atoms with Gasteiger partial charge in [0.2, 0.25) is 0 Å². The molecule has 0 fully saturated rings. The molecule has 0 aliphatic rings. The maximum atomic E-state index is 12.3. The summed E-state index contributed by atoms with van der Waals surface area (Å²) in [7, 11) is 0. The van der Waals surface area contributed by atoms with Crippen LogP contribution in [0.4, 0.5) is 11.4 Å². The second kappa shape index (κ2) is 3.43. The van der Waals surface area contributed by atoms with Crippen LogP contribution >= 0.6 is 0 Å². The second-order valence-electron chi connectivity index (χ2n) is 4.23. The minimum absolute atomic E-state index is 0.209. The Morgan fingerprint density at radius 1 is 0.611 bits per heavy atom. The average molecular weight is 238 g/mol. The Morgan fingerprint density at radius 3 is 1.28 bits per heavy atom. The van der Waals surface area contributed by atoms with Gasteiger partial charge < -0.3 is 11.5 Å². The third kappa shape index (κ3) is 1.26. The monoisotopic (exact) mass is 238 g/mol. The number of rotatable bonds is 0. The van der Waals surface area contributed by atoms with Crippen molar-refractivity contribution in [1.82, 2.24) is 0 Å². The topological polar surface area (TPSA) is 86.2 Å². The fourth-order valence-corrected chi connectivity index (χ4v) is 2.19. The first kappa shape index (κ1) is 10.5. The molecule has 4 aromatic carbocycles. The van der Waals surface area contributed by atoms with Crippen LogP contribution in [0.2, 0.25) is 0 Å². The Labute approximate surface area is 102 Å². The zero-order chi connectivity index (χ0) is 12.9. The molecule has 0 aliphatic carbocycles. The quantitative estimate of drug-likeness (QED) is 0.578. The number of nitrogens with two attached hydrogens (primary N) is 2. The lowest BCUT2D eigenvalue weighted by molar-refractivity contribution is 1.64. The Balaban J connectivity index is 2.88. The minimum atomic E-state index is -0.269. The van der Waals surface area contributed by atoms with E-state index in [4.69, 9.17) is 11.5 Å². The molecule has 0 amide bonds. The summed E-state index contributed by atoms with van der Waals surface area (Å²) in [5.41, 5.74) is 11.6. The standard InChI is InChI=1S/C14H10N2O2/c15-9-5-6-10(16)12-11(9)13(17)7-1-2-8(4-3-7)14(12)18/h1-6H,15-16H2. The van der Waals surface area contributed by atoms with Gasteiger partial charge in [-0.15, -0.1) is 0 Å². The highest BCUT2D eigenvalue weighted by molar-refractivity contribution is 6.03. The van der Waals surface area contributed by atoms with Crippen molar-refractivity contribution < 1.29 is 0 Å². The molecule has 4 rings (SSSR count). The van der Waals surface area contributed by atoms with Crippen LogP contribution < -0.4 is 22.3 Å². The minimum Gasteiger partial charge on any atom is -0.398 e. The highest BCUT2D eigenvalue weighted by Gasteiger charge is 2.10. The number of fused-ring (bicyclic) bond motifs is 2. The molecule has 0 aliphatic heterocycles. The van der Waals surface area contributed by atoms with Gasteiger partial charge in [-0.2, -0.15) is 0 Å². The van der Waals surface area contributed by atoms with E-state index in [0.29, 0.717) is 10.8 Å². The maximum Gasteiger partial charge on any atom is 0.195 e. The van der Waals surface area contributed by atoms with E-state index >= 15 is 0 Å². The van der Waals surface area contributed by atoms with Crippen molar-refractivity contribution in [2.45, 2.75) is 0 Å². The molecule has 4 heteroatoms. The van der Waals surface area contributed by atoms with Crippen LogP contribution in [0.5, 0.6) is 0 Å². The molecule has 2 bridgehead atoms. The van der Waals surface area contributed by atoms with Gasteiger partial charge in [0.1, 0.15) is 0 Å². The molecule has 0 aromatic heterocycles. The van der Waals surface area contributed by atoms with Crippen molar-refractivity contribution in [3.05, 3.63) is 56.8 Å². The molecule has 0 spiro atoms. The smallest absolute Gasteiger partial charge is 0.195 e. The summed E-state index contributed by atoms with van der Waals surface area (Å²) in [5.74, 6) is 0. The van der Waals surface area contributed by atoms with Gasteiger partial charge in [-0.05, 0) is 12.1 Å². The summed E-state index contributed by atoms with van der Waals surface area (Å²) in [6.45, 7) is 0. The molecule has 0 saturated heterocycles. The number of benzene rings is 2.